The second-order valence-corrected chi connectivity index (χ2v) is 9.14. The zero-order valence-electron chi connectivity index (χ0n) is 18.0. The lowest BCUT2D eigenvalue weighted by Gasteiger charge is -2.51. The number of pyridine rings is 1. The Hall–Kier alpha value is -2.35. The Kier molecular flexibility index (Phi) is 4.88. The maximum absolute atomic E-state index is 15.6. The number of piperidine rings is 1. The van der Waals surface area contributed by atoms with E-state index in [4.69, 9.17) is 4.74 Å². The lowest BCUT2D eigenvalue weighted by Crippen LogP contribution is -2.61. The van der Waals surface area contributed by atoms with Crippen LogP contribution in [0, 0.1) is 30.4 Å². The molecule has 0 radical (unpaired) electrons. The van der Waals surface area contributed by atoms with Crippen LogP contribution in [-0.4, -0.2) is 52.3 Å². The smallest absolute Gasteiger partial charge is 0.150 e. The lowest BCUT2D eigenvalue weighted by atomic mass is 9.69. The first-order valence-electron chi connectivity index (χ1n) is 10.8. The summed E-state index contributed by atoms with van der Waals surface area (Å²) in [4.78, 5) is 9.29. The summed E-state index contributed by atoms with van der Waals surface area (Å²) in [5.74, 6) is -1.18. The predicted molar refractivity (Wildman–Crippen MR) is 115 cm³/mol. The molecule has 0 amide bonds. The quantitative estimate of drug-likeness (QED) is 0.664. The van der Waals surface area contributed by atoms with Gasteiger partial charge < -0.3 is 14.8 Å². The van der Waals surface area contributed by atoms with Crippen molar-refractivity contribution in [3.05, 3.63) is 53.4 Å². The first kappa shape index (κ1) is 20.5. The zero-order valence-corrected chi connectivity index (χ0v) is 18.0. The van der Waals surface area contributed by atoms with Crippen LogP contribution in [0.4, 0.5) is 8.78 Å². The Balaban J connectivity index is 1.56. The van der Waals surface area contributed by atoms with E-state index >= 15 is 4.39 Å². The second-order valence-electron chi connectivity index (χ2n) is 9.14. The molecule has 2 aromatic heterocycles. The highest BCUT2D eigenvalue weighted by Gasteiger charge is 2.49. The van der Waals surface area contributed by atoms with Crippen molar-refractivity contribution in [1.82, 2.24) is 14.9 Å². The third-order valence-electron chi connectivity index (χ3n) is 7.18. The molecular weight excluding hydrogens is 400 g/mol. The number of rotatable bonds is 3. The average Bonchev–Trinajstić information content (AvgIpc) is 3.05. The van der Waals surface area contributed by atoms with E-state index in [2.05, 4.69) is 14.9 Å². The summed E-state index contributed by atoms with van der Waals surface area (Å²) < 4.78 is 35.3. The third kappa shape index (κ3) is 3.10. The fraction of sp³-hybridized carbons (Fsp3) is 0.458. The number of halogens is 2. The van der Waals surface area contributed by atoms with Gasteiger partial charge in [0.25, 0.3) is 0 Å². The molecular formula is C24H27F2N3O2. The maximum atomic E-state index is 15.6. The molecule has 4 heterocycles. The third-order valence-corrected chi connectivity index (χ3v) is 7.18. The van der Waals surface area contributed by atoms with E-state index in [1.54, 1.807) is 12.3 Å². The summed E-state index contributed by atoms with van der Waals surface area (Å²) in [6, 6.07) is 5.32. The van der Waals surface area contributed by atoms with Gasteiger partial charge in [0.05, 0.1) is 24.6 Å². The minimum atomic E-state index is -1.28. The highest BCUT2D eigenvalue weighted by atomic mass is 19.1. The fourth-order valence-electron chi connectivity index (χ4n) is 5.43. The molecule has 2 N–H and O–H groups in total. The van der Waals surface area contributed by atoms with Crippen LogP contribution in [0.5, 0.6) is 0 Å². The van der Waals surface area contributed by atoms with Gasteiger partial charge in [0.15, 0.2) is 5.82 Å². The molecule has 3 atom stereocenters. The van der Waals surface area contributed by atoms with E-state index in [0.717, 1.165) is 13.2 Å². The number of likely N-dealkylation sites (tertiary alicyclic amines) is 1. The van der Waals surface area contributed by atoms with E-state index in [1.807, 2.05) is 26.8 Å². The predicted octanol–water partition coefficient (Wildman–Crippen LogP) is 3.99. The number of hydrogen-bond acceptors (Lipinski definition) is 4. The van der Waals surface area contributed by atoms with Crippen LogP contribution in [0.15, 0.2) is 30.6 Å². The molecule has 2 aliphatic rings. The molecule has 164 valence electrons. The molecule has 1 aromatic carbocycles. The van der Waals surface area contributed by atoms with Crippen molar-refractivity contribution in [1.29, 1.82) is 0 Å². The van der Waals surface area contributed by atoms with E-state index < -0.39 is 17.2 Å². The molecule has 0 aliphatic carbocycles. The fourth-order valence-corrected chi connectivity index (χ4v) is 5.43. The number of H-pyrrole nitrogens is 1. The highest BCUT2D eigenvalue weighted by Crippen LogP contribution is 2.45. The number of nitrogens with zero attached hydrogens (tertiary/aromatic N) is 2. The molecule has 5 rings (SSSR count). The van der Waals surface area contributed by atoms with Gasteiger partial charge in [0.2, 0.25) is 0 Å². The van der Waals surface area contributed by atoms with E-state index in [1.165, 1.54) is 12.3 Å². The molecule has 2 fully saturated rings. The average molecular weight is 427 g/mol. The first-order chi connectivity index (χ1) is 14.8. The number of ether oxygens (including phenoxy) is 1. The van der Waals surface area contributed by atoms with Gasteiger partial charge in [-0.05, 0) is 35.7 Å². The van der Waals surface area contributed by atoms with Gasteiger partial charge in [-0.2, -0.15) is 0 Å². The van der Waals surface area contributed by atoms with E-state index in [-0.39, 0.29) is 11.8 Å². The van der Waals surface area contributed by atoms with Crippen LogP contribution in [0.1, 0.15) is 25.0 Å². The van der Waals surface area contributed by atoms with Crippen LogP contribution in [0.2, 0.25) is 0 Å². The van der Waals surface area contributed by atoms with Crippen molar-refractivity contribution in [3.63, 3.8) is 0 Å². The SMILES string of the molecule is Cc1cc(-c2ccnc3[nH]cc(F)c23)cc(F)c1C1(O)[C@H](C)CN(C2COC2)C[C@@H]1C. The van der Waals surface area contributed by atoms with Gasteiger partial charge in [-0.25, -0.2) is 13.8 Å². The Bertz CT molecular complexity index is 1110. The number of nitrogens with one attached hydrogen (secondary N) is 1. The van der Waals surface area contributed by atoms with Gasteiger partial charge in [-0.15, -0.1) is 0 Å². The minimum absolute atomic E-state index is 0.148. The van der Waals surface area contributed by atoms with E-state index in [0.29, 0.717) is 52.4 Å². The van der Waals surface area contributed by atoms with Crippen molar-refractivity contribution in [2.45, 2.75) is 32.4 Å². The van der Waals surface area contributed by atoms with Gasteiger partial charge in [0, 0.05) is 42.9 Å². The summed E-state index contributed by atoms with van der Waals surface area (Å²) in [7, 11) is 0. The Morgan fingerprint density at radius 1 is 1.16 bits per heavy atom. The summed E-state index contributed by atoms with van der Waals surface area (Å²) >= 11 is 0. The number of hydrogen-bond donors (Lipinski definition) is 2. The molecule has 0 saturated carbocycles. The number of fused-ring (bicyclic) bond motifs is 1. The Labute approximate surface area is 180 Å². The summed E-state index contributed by atoms with van der Waals surface area (Å²) in [5.41, 5.74) is 1.30. The molecule has 7 heteroatoms. The lowest BCUT2D eigenvalue weighted by molar-refractivity contribution is -0.152. The summed E-state index contributed by atoms with van der Waals surface area (Å²) in [6.45, 7) is 8.60. The molecule has 2 aliphatic heterocycles. The summed E-state index contributed by atoms with van der Waals surface area (Å²) in [5, 5.41) is 12.1. The van der Waals surface area contributed by atoms with Crippen molar-refractivity contribution < 1.29 is 18.6 Å². The van der Waals surface area contributed by atoms with E-state index in [9.17, 15) is 9.50 Å². The molecule has 0 spiro atoms. The van der Waals surface area contributed by atoms with Gasteiger partial charge in [0.1, 0.15) is 17.1 Å². The van der Waals surface area contributed by atoms with Gasteiger partial charge in [-0.1, -0.05) is 19.9 Å². The standard InChI is InChI=1S/C24H27F2N3O2/c1-13-6-16(18-4-5-27-23-21(18)20(26)8-28-23)7-19(25)22(13)24(30)14(2)9-29(10-15(24)3)17-11-31-12-17/h4-8,14-15,17,30H,9-12H2,1-3H3,(H,27,28)/t14-,15+,24?. The molecule has 5 nitrogen and oxygen atoms in total. The minimum Gasteiger partial charge on any atom is -0.384 e. The molecule has 0 bridgehead atoms. The molecule has 2 saturated heterocycles. The molecule has 31 heavy (non-hydrogen) atoms. The number of aryl methyl sites for hydroxylation is 1. The van der Waals surface area contributed by atoms with Gasteiger partial charge in [-0.3, -0.25) is 4.90 Å². The van der Waals surface area contributed by atoms with Crippen LogP contribution < -0.4 is 0 Å². The van der Waals surface area contributed by atoms with Crippen LogP contribution in [0.25, 0.3) is 22.2 Å². The van der Waals surface area contributed by atoms with Crippen molar-refractivity contribution in [3.8, 4) is 11.1 Å². The Morgan fingerprint density at radius 2 is 1.87 bits per heavy atom. The highest BCUT2D eigenvalue weighted by molar-refractivity contribution is 5.93. The number of aromatic nitrogens is 2. The normalized spacial score (nSPS) is 27.5. The topological polar surface area (TPSA) is 61.4 Å². The largest absolute Gasteiger partial charge is 0.384 e. The van der Waals surface area contributed by atoms with Crippen LogP contribution in [0.3, 0.4) is 0 Å². The summed E-state index contributed by atoms with van der Waals surface area (Å²) in [6.07, 6.45) is 2.83. The van der Waals surface area contributed by atoms with Crippen LogP contribution >= 0.6 is 0 Å². The second kappa shape index (κ2) is 7.36. The van der Waals surface area contributed by atoms with Crippen molar-refractivity contribution >= 4 is 11.0 Å². The maximum Gasteiger partial charge on any atom is 0.150 e. The molecule has 1 unspecified atom stereocenters. The van der Waals surface area contributed by atoms with Crippen LogP contribution in [-0.2, 0) is 10.3 Å². The Morgan fingerprint density at radius 3 is 2.48 bits per heavy atom. The number of benzene rings is 1. The number of aliphatic hydroxyl groups is 1. The van der Waals surface area contributed by atoms with Crippen molar-refractivity contribution in [2.75, 3.05) is 26.3 Å². The van der Waals surface area contributed by atoms with Gasteiger partial charge >= 0.3 is 0 Å². The van der Waals surface area contributed by atoms with Crippen molar-refractivity contribution in [2.24, 2.45) is 11.8 Å². The monoisotopic (exact) mass is 427 g/mol. The number of aromatic amines is 1. The first-order valence-corrected chi connectivity index (χ1v) is 10.8. The zero-order chi connectivity index (χ0) is 21.9. The molecule has 3 aromatic rings.